The number of carbonyl (C=O) groups is 2. The van der Waals surface area contributed by atoms with Crippen LogP contribution in [0.25, 0.3) is 0 Å². The van der Waals surface area contributed by atoms with Gasteiger partial charge in [-0.05, 0) is 0 Å². The zero-order chi connectivity index (χ0) is 9.14. The van der Waals surface area contributed by atoms with E-state index in [1.54, 1.807) is 0 Å². The van der Waals surface area contributed by atoms with Gasteiger partial charge in [0.15, 0.2) is 0 Å². The van der Waals surface area contributed by atoms with Crippen molar-refractivity contribution < 1.29 is 14.7 Å². The number of piperidine rings is 1. The Hall–Kier alpha value is -1.30. The van der Waals surface area contributed by atoms with Gasteiger partial charge in [-0.3, -0.25) is 4.79 Å². The van der Waals surface area contributed by atoms with Gasteiger partial charge >= 0.3 is 6.09 Å². The molecule has 6 heteroatoms. The van der Waals surface area contributed by atoms with E-state index in [0.717, 1.165) is 0 Å². The van der Waals surface area contributed by atoms with Crippen LogP contribution in [-0.4, -0.2) is 35.7 Å². The standard InChI is InChI=1S/C6H11N3O3/c7-3-2-8-5(10)1-4(3)9-6(11)12/h3-4,9H,1-2,7H2,(H,8,10)(H,11,12)/t3-,4+/m0/s1. The number of carboxylic acid groups (broad SMARTS) is 1. The highest BCUT2D eigenvalue weighted by Crippen LogP contribution is 2.01. The summed E-state index contributed by atoms with van der Waals surface area (Å²) in [5.41, 5.74) is 5.55. The van der Waals surface area contributed by atoms with Gasteiger partial charge < -0.3 is 21.5 Å². The molecule has 1 saturated heterocycles. The number of hydrogen-bond acceptors (Lipinski definition) is 3. The molecule has 6 nitrogen and oxygen atoms in total. The molecule has 1 aliphatic rings. The van der Waals surface area contributed by atoms with Crippen molar-refractivity contribution in [1.29, 1.82) is 0 Å². The first kappa shape index (κ1) is 8.79. The third-order valence-corrected chi connectivity index (χ3v) is 1.77. The lowest BCUT2D eigenvalue weighted by molar-refractivity contribution is -0.123. The number of nitrogens with one attached hydrogen (secondary N) is 2. The number of amides is 2. The van der Waals surface area contributed by atoms with E-state index in [0.29, 0.717) is 6.54 Å². The molecule has 1 rings (SSSR count). The first-order chi connectivity index (χ1) is 5.59. The molecule has 0 aromatic heterocycles. The van der Waals surface area contributed by atoms with Crippen LogP contribution in [0.5, 0.6) is 0 Å². The number of carbonyl (C=O) groups excluding carboxylic acids is 1. The van der Waals surface area contributed by atoms with E-state index in [1.807, 2.05) is 0 Å². The van der Waals surface area contributed by atoms with Crippen LogP contribution < -0.4 is 16.4 Å². The van der Waals surface area contributed by atoms with E-state index in [9.17, 15) is 9.59 Å². The van der Waals surface area contributed by atoms with Crippen LogP contribution in [0.2, 0.25) is 0 Å². The second-order valence-electron chi connectivity index (χ2n) is 2.73. The van der Waals surface area contributed by atoms with Crippen molar-refractivity contribution in [2.24, 2.45) is 5.73 Å². The average molecular weight is 173 g/mol. The Bertz CT molecular complexity index is 204. The molecule has 2 amide bonds. The predicted molar refractivity (Wildman–Crippen MR) is 40.6 cm³/mol. The summed E-state index contributed by atoms with van der Waals surface area (Å²) >= 11 is 0. The van der Waals surface area contributed by atoms with Gasteiger partial charge in [-0.2, -0.15) is 0 Å². The van der Waals surface area contributed by atoms with Crippen molar-refractivity contribution in [3.05, 3.63) is 0 Å². The molecule has 0 aromatic rings. The molecule has 0 aliphatic carbocycles. The quantitative estimate of drug-likeness (QED) is 0.386. The van der Waals surface area contributed by atoms with Crippen molar-refractivity contribution in [3.63, 3.8) is 0 Å². The average Bonchev–Trinajstić information content (AvgIpc) is 1.96. The molecule has 12 heavy (non-hydrogen) atoms. The first-order valence-electron chi connectivity index (χ1n) is 3.61. The largest absolute Gasteiger partial charge is 0.465 e. The van der Waals surface area contributed by atoms with Gasteiger partial charge in [0.1, 0.15) is 0 Å². The first-order valence-corrected chi connectivity index (χ1v) is 3.61. The Morgan fingerprint density at radius 2 is 2.42 bits per heavy atom. The van der Waals surface area contributed by atoms with Gasteiger partial charge in [0.25, 0.3) is 0 Å². The maximum atomic E-state index is 10.8. The zero-order valence-electron chi connectivity index (χ0n) is 6.41. The Labute approximate surface area is 69.1 Å². The third-order valence-electron chi connectivity index (χ3n) is 1.77. The predicted octanol–water partition coefficient (Wildman–Crippen LogP) is -1.53. The fraction of sp³-hybridized carbons (Fsp3) is 0.667. The highest BCUT2D eigenvalue weighted by molar-refractivity contribution is 5.78. The number of rotatable bonds is 1. The minimum absolute atomic E-state index is 0.119. The highest BCUT2D eigenvalue weighted by Gasteiger charge is 2.27. The molecule has 0 unspecified atom stereocenters. The Balaban J connectivity index is 2.49. The van der Waals surface area contributed by atoms with Crippen LogP contribution in [0, 0.1) is 0 Å². The molecule has 0 bridgehead atoms. The molecule has 1 fully saturated rings. The third kappa shape index (κ3) is 2.09. The molecule has 68 valence electrons. The summed E-state index contributed by atoms with van der Waals surface area (Å²) in [6.07, 6.45) is -1.03. The van der Waals surface area contributed by atoms with Crippen molar-refractivity contribution >= 4 is 12.0 Å². The lowest BCUT2D eigenvalue weighted by atomic mass is 10.0. The maximum absolute atomic E-state index is 10.8. The second-order valence-corrected chi connectivity index (χ2v) is 2.73. The monoisotopic (exact) mass is 173 g/mol. The normalized spacial score (nSPS) is 29.2. The molecule has 2 atom stereocenters. The van der Waals surface area contributed by atoms with Crippen LogP contribution in [0.15, 0.2) is 0 Å². The van der Waals surface area contributed by atoms with Gasteiger partial charge in [0, 0.05) is 19.0 Å². The molecule has 1 aliphatic heterocycles. The summed E-state index contributed by atoms with van der Waals surface area (Å²) in [6.45, 7) is 0.323. The highest BCUT2D eigenvalue weighted by atomic mass is 16.4. The summed E-state index contributed by atoms with van der Waals surface area (Å²) in [6, 6.07) is -0.796. The van der Waals surface area contributed by atoms with Crippen LogP contribution >= 0.6 is 0 Å². The molecule has 0 spiro atoms. The van der Waals surface area contributed by atoms with E-state index >= 15 is 0 Å². The molecule has 1 heterocycles. The van der Waals surface area contributed by atoms with Gasteiger partial charge in [-0.15, -0.1) is 0 Å². The van der Waals surface area contributed by atoms with Crippen molar-refractivity contribution in [3.8, 4) is 0 Å². The van der Waals surface area contributed by atoms with Crippen LogP contribution in [-0.2, 0) is 4.79 Å². The molecule has 0 radical (unpaired) electrons. The summed E-state index contributed by atoms with van der Waals surface area (Å²) in [5, 5.41) is 13.1. The van der Waals surface area contributed by atoms with E-state index in [-0.39, 0.29) is 18.4 Å². The van der Waals surface area contributed by atoms with Gasteiger partial charge in [-0.1, -0.05) is 0 Å². The zero-order valence-corrected chi connectivity index (χ0v) is 6.41. The Morgan fingerprint density at radius 3 is 3.00 bits per heavy atom. The number of nitrogens with two attached hydrogens (primary N) is 1. The van der Waals surface area contributed by atoms with Gasteiger partial charge in [0.05, 0.1) is 6.04 Å². The number of hydrogen-bond donors (Lipinski definition) is 4. The van der Waals surface area contributed by atoms with Gasteiger partial charge in [0.2, 0.25) is 5.91 Å². The molecule has 0 aromatic carbocycles. The lowest BCUT2D eigenvalue weighted by Gasteiger charge is -2.28. The minimum atomic E-state index is -1.15. The Kier molecular flexibility index (Phi) is 2.49. The van der Waals surface area contributed by atoms with E-state index < -0.39 is 12.1 Å². The minimum Gasteiger partial charge on any atom is -0.465 e. The van der Waals surface area contributed by atoms with E-state index in [4.69, 9.17) is 10.8 Å². The van der Waals surface area contributed by atoms with E-state index in [2.05, 4.69) is 10.6 Å². The fourth-order valence-electron chi connectivity index (χ4n) is 1.11. The van der Waals surface area contributed by atoms with E-state index in [1.165, 1.54) is 0 Å². The van der Waals surface area contributed by atoms with Crippen molar-refractivity contribution in [1.82, 2.24) is 10.6 Å². The summed E-state index contributed by atoms with van der Waals surface area (Å²) in [4.78, 5) is 21.0. The lowest BCUT2D eigenvalue weighted by Crippen LogP contribution is -2.58. The van der Waals surface area contributed by atoms with Crippen molar-refractivity contribution in [2.75, 3.05) is 6.54 Å². The molecule has 5 N–H and O–H groups in total. The van der Waals surface area contributed by atoms with Gasteiger partial charge in [-0.25, -0.2) is 4.79 Å². The summed E-state index contributed by atoms with van der Waals surface area (Å²) < 4.78 is 0. The second kappa shape index (κ2) is 3.40. The Morgan fingerprint density at radius 1 is 1.75 bits per heavy atom. The molecule has 0 saturated carbocycles. The maximum Gasteiger partial charge on any atom is 0.404 e. The fourth-order valence-corrected chi connectivity index (χ4v) is 1.11. The molecular formula is C6H11N3O3. The van der Waals surface area contributed by atoms with Crippen LogP contribution in [0.4, 0.5) is 4.79 Å². The topological polar surface area (TPSA) is 104 Å². The smallest absolute Gasteiger partial charge is 0.404 e. The SMILES string of the molecule is N[C@H]1CNC(=O)C[C@H]1NC(=O)O. The molecular weight excluding hydrogens is 162 g/mol. The summed E-state index contributed by atoms with van der Waals surface area (Å²) in [7, 11) is 0. The van der Waals surface area contributed by atoms with Crippen molar-refractivity contribution in [2.45, 2.75) is 18.5 Å². The summed E-state index contributed by atoms with van der Waals surface area (Å²) in [5.74, 6) is -0.171. The van der Waals surface area contributed by atoms with Crippen LogP contribution in [0.3, 0.4) is 0 Å². The van der Waals surface area contributed by atoms with Crippen LogP contribution in [0.1, 0.15) is 6.42 Å².